The van der Waals surface area contributed by atoms with Crippen LogP contribution in [0.25, 0.3) is 0 Å². The van der Waals surface area contributed by atoms with Crippen LogP contribution in [0.15, 0.2) is 42.5 Å². The number of hydrogen-bond donors (Lipinski definition) is 2. The average molecular weight is 381 g/mol. The van der Waals surface area contributed by atoms with Gasteiger partial charge in [0.15, 0.2) is 11.5 Å². The summed E-state index contributed by atoms with van der Waals surface area (Å²) in [6.07, 6.45) is 0.217. The van der Waals surface area contributed by atoms with E-state index in [4.69, 9.17) is 19.9 Å². The van der Waals surface area contributed by atoms with Crippen molar-refractivity contribution >= 4 is 18.3 Å². The molecular formula is C19H25ClN2O4. The van der Waals surface area contributed by atoms with E-state index in [1.54, 1.807) is 33.5 Å². The van der Waals surface area contributed by atoms with E-state index in [0.717, 1.165) is 11.1 Å². The second-order valence-corrected chi connectivity index (χ2v) is 5.53. The van der Waals surface area contributed by atoms with Crippen LogP contribution in [0.3, 0.4) is 0 Å². The van der Waals surface area contributed by atoms with Gasteiger partial charge in [0.1, 0.15) is 0 Å². The maximum Gasteiger partial charge on any atom is 0.222 e. The number of rotatable bonds is 8. The molecule has 2 rings (SSSR count). The lowest BCUT2D eigenvalue weighted by Gasteiger charge is -2.15. The first-order valence-corrected chi connectivity index (χ1v) is 7.95. The van der Waals surface area contributed by atoms with Gasteiger partial charge in [0.25, 0.3) is 0 Å². The van der Waals surface area contributed by atoms with Crippen molar-refractivity contribution < 1.29 is 19.0 Å². The number of nitrogens with one attached hydrogen (secondary N) is 1. The van der Waals surface area contributed by atoms with Crippen LogP contribution in [0, 0.1) is 0 Å². The number of hydrogen-bond acceptors (Lipinski definition) is 5. The predicted octanol–water partition coefficient (Wildman–Crippen LogP) is 2.84. The van der Waals surface area contributed by atoms with E-state index < -0.39 is 0 Å². The van der Waals surface area contributed by atoms with Crippen molar-refractivity contribution in [3.8, 4) is 17.2 Å². The minimum absolute atomic E-state index is 0. The number of amides is 1. The third kappa shape index (κ3) is 5.54. The van der Waals surface area contributed by atoms with E-state index in [9.17, 15) is 4.79 Å². The molecule has 0 saturated carbocycles. The van der Waals surface area contributed by atoms with Crippen LogP contribution in [-0.2, 0) is 11.3 Å². The molecule has 0 aliphatic carbocycles. The first-order chi connectivity index (χ1) is 12.1. The zero-order valence-electron chi connectivity index (χ0n) is 15.2. The molecule has 2 aromatic rings. The van der Waals surface area contributed by atoms with E-state index in [1.165, 1.54) is 0 Å². The molecule has 0 radical (unpaired) electrons. The fraction of sp³-hybridized carbons (Fsp3) is 0.316. The molecule has 3 N–H and O–H groups in total. The number of carbonyl (C=O) groups excluding carboxylic acids is 1. The first kappa shape index (κ1) is 21.6. The molecule has 1 amide bonds. The second kappa shape index (κ2) is 10.5. The fourth-order valence-corrected chi connectivity index (χ4v) is 2.53. The van der Waals surface area contributed by atoms with Crippen molar-refractivity contribution in [2.75, 3.05) is 21.3 Å². The molecule has 0 aromatic heterocycles. The fourth-order valence-electron chi connectivity index (χ4n) is 2.53. The van der Waals surface area contributed by atoms with Crippen LogP contribution in [0.1, 0.15) is 23.6 Å². The minimum atomic E-state index is -0.332. The molecule has 0 aliphatic rings. The van der Waals surface area contributed by atoms with E-state index in [-0.39, 0.29) is 30.8 Å². The Labute approximate surface area is 160 Å². The molecule has 0 heterocycles. The van der Waals surface area contributed by atoms with Crippen LogP contribution < -0.4 is 25.3 Å². The van der Waals surface area contributed by atoms with Gasteiger partial charge in [-0.15, -0.1) is 12.4 Å². The first-order valence-electron chi connectivity index (χ1n) is 7.95. The van der Waals surface area contributed by atoms with Crippen LogP contribution in [0.2, 0.25) is 0 Å². The topological polar surface area (TPSA) is 82.8 Å². The summed E-state index contributed by atoms with van der Waals surface area (Å²) >= 11 is 0. The molecule has 0 fully saturated rings. The summed E-state index contributed by atoms with van der Waals surface area (Å²) in [5.41, 5.74) is 7.86. The van der Waals surface area contributed by atoms with Gasteiger partial charge in [-0.05, 0) is 23.3 Å². The van der Waals surface area contributed by atoms with Crippen LogP contribution >= 0.6 is 12.4 Å². The zero-order chi connectivity index (χ0) is 18.2. The Kier molecular flexibility index (Phi) is 8.75. The number of carbonyl (C=O) groups is 1. The summed E-state index contributed by atoms with van der Waals surface area (Å²) in [7, 11) is 4.66. The number of ether oxygens (including phenoxy) is 3. The Morgan fingerprint density at radius 3 is 2.12 bits per heavy atom. The molecule has 0 spiro atoms. The van der Waals surface area contributed by atoms with Crippen molar-refractivity contribution in [3.05, 3.63) is 53.6 Å². The summed E-state index contributed by atoms with van der Waals surface area (Å²) in [4.78, 5) is 12.2. The van der Waals surface area contributed by atoms with Crippen molar-refractivity contribution in [1.82, 2.24) is 5.32 Å². The summed E-state index contributed by atoms with van der Waals surface area (Å²) in [5.74, 6) is 1.50. The van der Waals surface area contributed by atoms with Gasteiger partial charge in [-0.2, -0.15) is 0 Å². The van der Waals surface area contributed by atoms with Crippen molar-refractivity contribution in [1.29, 1.82) is 0 Å². The molecule has 0 saturated heterocycles. The molecule has 142 valence electrons. The number of nitrogens with two attached hydrogens (primary N) is 1. The smallest absolute Gasteiger partial charge is 0.222 e. The van der Waals surface area contributed by atoms with Crippen LogP contribution in [0.4, 0.5) is 0 Å². The van der Waals surface area contributed by atoms with Crippen LogP contribution in [-0.4, -0.2) is 27.2 Å². The molecule has 0 aliphatic heterocycles. The lowest BCUT2D eigenvalue weighted by molar-refractivity contribution is -0.121. The Morgan fingerprint density at radius 2 is 1.62 bits per heavy atom. The monoisotopic (exact) mass is 380 g/mol. The molecule has 7 heteroatoms. The number of benzene rings is 2. The molecule has 6 nitrogen and oxygen atoms in total. The average Bonchev–Trinajstić information content (AvgIpc) is 2.65. The molecule has 0 bridgehead atoms. The molecule has 2 aromatic carbocycles. The van der Waals surface area contributed by atoms with E-state index in [0.29, 0.717) is 23.8 Å². The van der Waals surface area contributed by atoms with Crippen molar-refractivity contribution in [2.45, 2.75) is 19.0 Å². The van der Waals surface area contributed by atoms with Gasteiger partial charge in [0.05, 0.1) is 21.3 Å². The van der Waals surface area contributed by atoms with Crippen molar-refractivity contribution in [2.24, 2.45) is 5.73 Å². The molecule has 26 heavy (non-hydrogen) atoms. The summed E-state index contributed by atoms with van der Waals surface area (Å²) < 4.78 is 15.9. The predicted molar refractivity (Wildman–Crippen MR) is 103 cm³/mol. The summed E-state index contributed by atoms with van der Waals surface area (Å²) in [5, 5.41) is 2.87. The lowest BCUT2D eigenvalue weighted by atomic mass is 10.0. The van der Waals surface area contributed by atoms with Gasteiger partial charge in [-0.25, -0.2) is 0 Å². The third-order valence-corrected chi connectivity index (χ3v) is 3.85. The summed E-state index contributed by atoms with van der Waals surface area (Å²) in [6, 6.07) is 12.8. The second-order valence-electron chi connectivity index (χ2n) is 5.53. The lowest BCUT2D eigenvalue weighted by Crippen LogP contribution is -2.27. The SMILES string of the molecule is COc1cc(CNC(=O)CC(N)c2ccccc2)cc(OC)c1OC.Cl. The zero-order valence-corrected chi connectivity index (χ0v) is 16.0. The highest BCUT2D eigenvalue weighted by Gasteiger charge is 2.15. The standard InChI is InChI=1S/C19H24N2O4.ClH/c1-23-16-9-13(10-17(24-2)19(16)25-3)12-21-18(22)11-15(20)14-7-5-4-6-8-14;/h4-10,15H,11-12,20H2,1-3H3,(H,21,22);1H. The van der Waals surface area contributed by atoms with Gasteiger partial charge < -0.3 is 25.3 Å². The van der Waals surface area contributed by atoms with Gasteiger partial charge in [0, 0.05) is 19.0 Å². The Morgan fingerprint density at radius 1 is 1.04 bits per heavy atom. The minimum Gasteiger partial charge on any atom is -0.493 e. The Balaban J connectivity index is 0.00000338. The summed E-state index contributed by atoms with van der Waals surface area (Å²) in [6.45, 7) is 0.344. The maximum absolute atomic E-state index is 12.2. The third-order valence-electron chi connectivity index (χ3n) is 3.85. The highest BCUT2D eigenvalue weighted by atomic mass is 35.5. The van der Waals surface area contributed by atoms with E-state index in [2.05, 4.69) is 5.32 Å². The van der Waals surface area contributed by atoms with E-state index in [1.807, 2.05) is 30.3 Å². The number of methoxy groups -OCH3 is 3. The van der Waals surface area contributed by atoms with Crippen molar-refractivity contribution in [3.63, 3.8) is 0 Å². The maximum atomic E-state index is 12.2. The van der Waals surface area contributed by atoms with Gasteiger partial charge >= 0.3 is 0 Å². The quantitative estimate of drug-likeness (QED) is 0.735. The molecule has 1 unspecified atom stereocenters. The van der Waals surface area contributed by atoms with Gasteiger partial charge in [0.2, 0.25) is 11.7 Å². The van der Waals surface area contributed by atoms with Crippen LogP contribution in [0.5, 0.6) is 17.2 Å². The normalized spacial score (nSPS) is 11.1. The highest BCUT2D eigenvalue weighted by Crippen LogP contribution is 2.38. The van der Waals surface area contributed by atoms with E-state index >= 15 is 0 Å². The Hall–Kier alpha value is -2.44. The van der Waals surface area contributed by atoms with Gasteiger partial charge in [-0.3, -0.25) is 4.79 Å². The number of halogens is 1. The van der Waals surface area contributed by atoms with Gasteiger partial charge in [-0.1, -0.05) is 30.3 Å². The largest absolute Gasteiger partial charge is 0.493 e. The highest BCUT2D eigenvalue weighted by molar-refractivity contribution is 5.85. The molecular weight excluding hydrogens is 356 g/mol. The molecule has 1 atom stereocenters. The Bertz CT molecular complexity index is 685.